The van der Waals surface area contributed by atoms with Gasteiger partial charge in [-0.15, -0.1) is 0 Å². The highest BCUT2D eigenvalue weighted by atomic mass is 19.4. The zero-order valence-corrected chi connectivity index (χ0v) is 15.4. The first-order valence-corrected chi connectivity index (χ1v) is 8.42. The van der Waals surface area contributed by atoms with E-state index in [0.717, 1.165) is 5.56 Å². The maximum atomic E-state index is 12.8. The highest BCUT2D eigenvalue weighted by Gasteiger charge is 2.37. The molecule has 2 N–H and O–H groups in total. The molecule has 0 spiro atoms. The van der Waals surface area contributed by atoms with Crippen LogP contribution >= 0.6 is 0 Å². The van der Waals surface area contributed by atoms with Crippen LogP contribution in [-0.2, 0) is 28.4 Å². The quantitative estimate of drug-likeness (QED) is 0.552. The Balaban J connectivity index is 2.02. The number of methoxy groups -OCH3 is 1. The summed E-state index contributed by atoms with van der Waals surface area (Å²) < 4.78 is 82.0. The molecular formula is C19H16F6N2O3. The summed E-state index contributed by atoms with van der Waals surface area (Å²) in [5, 5.41) is 4.01. The minimum absolute atomic E-state index is 0.0228. The Morgan fingerprint density at radius 3 is 1.87 bits per heavy atom. The molecule has 30 heavy (non-hydrogen) atoms. The van der Waals surface area contributed by atoms with Crippen molar-refractivity contribution in [3.05, 3.63) is 59.2 Å². The second-order valence-corrected chi connectivity index (χ2v) is 6.10. The number of anilines is 1. The summed E-state index contributed by atoms with van der Waals surface area (Å²) in [4.78, 5) is 23.7. The molecule has 0 aliphatic carbocycles. The van der Waals surface area contributed by atoms with Gasteiger partial charge in [0.05, 0.1) is 18.2 Å². The number of hydrogen-bond acceptors (Lipinski definition) is 3. The van der Waals surface area contributed by atoms with E-state index in [1.807, 2.05) is 0 Å². The van der Waals surface area contributed by atoms with Gasteiger partial charge in [0.25, 0.3) is 0 Å². The lowest BCUT2D eigenvalue weighted by Gasteiger charge is -2.14. The molecule has 11 heteroatoms. The van der Waals surface area contributed by atoms with Gasteiger partial charge in [-0.3, -0.25) is 9.59 Å². The van der Waals surface area contributed by atoms with Gasteiger partial charge in [0, 0.05) is 12.2 Å². The summed E-state index contributed by atoms with van der Waals surface area (Å²) in [6.45, 7) is 0.0228. The molecule has 0 aliphatic heterocycles. The number of benzene rings is 2. The van der Waals surface area contributed by atoms with Crippen LogP contribution in [0.15, 0.2) is 42.5 Å². The van der Waals surface area contributed by atoms with Crippen molar-refractivity contribution in [3.8, 4) is 5.75 Å². The molecular weight excluding hydrogens is 418 g/mol. The number of nitrogens with one attached hydrogen (secondary N) is 2. The molecule has 0 radical (unpaired) electrons. The molecule has 2 rings (SSSR count). The molecule has 0 saturated heterocycles. The standard InChI is InChI=1S/C19H16F6N2O3/c1-30-15-4-2-11(3-5-15)6-7-26-16(28)17(29)27-14-9-12(18(20,21)22)8-13(10-14)19(23,24)25/h2-5,8-10H,6-7H2,1H3,(H,26,28)(H,27,29). The molecule has 5 nitrogen and oxygen atoms in total. The van der Waals surface area contributed by atoms with Crippen LogP contribution < -0.4 is 15.4 Å². The van der Waals surface area contributed by atoms with E-state index in [2.05, 4.69) is 5.32 Å². The molecule has 0 saturated carbocycles. The molecule has 2 amide bonds. The SMILES string of the molecule is COc1ccc(CCNC(=O)C(=O)Nc2cc(C(F)(F)F)cc(C(F)(F)F)c2)cc1. The Hall–Kier alpha value is -3.24. The van der Waals surface area contributed by atoms with Crippen molar-refractivity contribution in [2.24, 2.45) is 0 Å². The van der Waals surface area contributed by atoms with E-state index in [4.69, 9.17) is 4.74 Å². The van der Waals surface area contributed by atoms with Gasteiger partial charge < -0.3 is 15.4 Å². The molecule has 0 heterocycles. The maximum Gasteiger partial charge on any atom is 0.416 e. The number of rotatable bonds is 5. The smallest absolute Gasteiger partial charge is 0.416 e. The number of carbonyl (C=O) groups excluding carboxylic acids is 2. The minimum atomic E-state index is -5.07. The van der Waals surface area contributed by atoms with Crippen molar-refractivity contribution in [1.29, 1.82) is 0 Å². The summed E-state index contributed by atoms with van der Waals surface area (Å²) in [5.74, 6) is -1.96. The van der Waals surface area contributed by atoms with E-state index in [0.29, 0.717) is 24.3 Å². The van der Waals surface area contributed by atoms with Gasteiger partial charge in [-0.1, -0.05) is 12.1 Å². The van der Waals surface area contributed by atoms with E-state index in [1.165, 1.54) is 7.11 Å². The summed E-state index contributed by atoms with van der Waals surface area (Å²) in [5.41, 5.74) is -3.20. The molecule has 0 aliphatic rings. The Morgan fingerprint density at radius 1 is 0.867 bits per heavy atom. The predicted octanol–water partition coefficient (Wildman–Crippen LogP) is 4.03. The summed E-state index contributed by atoms with van der Waals surface area (Å²) in [6.07, 6.45) is -9.80. The first-order chi connectivity index (χ1) is 13.9. The number of carbonyl (C=O) groups is 2. The summed E-state index contributed by atoms with van der Waals surface area (Å²) in [6, 6.07) is 7.39. The number of alkyl halides is 6. The maximum absolute atomic E-state index is 12.8. The second-order valence-electron chi connectivity index (χ2n) is 6.10. The third kappa shape index (κ3) is 6.39. The Morgan fingerprint density at radius 2 is 1.40 bits per heavy atom. The largest absolute Gasteiger partial charge is 0.497 e. The van der Waals surface area contributed by atoms with Gasteiger partial charge in [0.2, 0.25) is 0 Å². The van der Waals surface area contributed by atoms with Crippen LogP contribution in [0, 0.1) is 0 Å². The van der Waals surface area contributed by atoms with Gasteiger partial charge in [0.1, 0.15) is 5.75 Å². The van der Waals surface area contributed by atoms with Gasteiger partial charge in [-0.2, -0.15) is 26.3 Å². The van der Waals surface area contributed by atoms with Gasteiger partial charge in [-0.25, -0.2) is 0 Å². The van der Waals surface area contributed by atoms with Crippen LogP contribution in [-0.4, -0.2) is 25.5 Å². The number of ether oxygens (including phenoxy) is 1. The normalized spacial score (nSPS) is 11.7. The second kappa shape index (κ2) is 9.06. The Kier molecular flexibility index (Phi) is 6.96. The van der Waals surface area contributed by atoms with Gasteiger partial charge >= 0.3 is 24.2 Å². The van der Waals surface area contributed by atoms with Crippen molar-refractivity contribution < 1.29 is 40.7 Å². The highest BCUT2D eigenvalue weighted by Crippen LogP contribution is 2.37. The molecule has 0 atom stereocenters. The highest BCUT2D eigenvalue weighted by molar-refractivity contribution is 6.39. The van der Waals surface area contributed by atoms with E-state index < -0.39 is 41.0 Å². The fourth-order valence-electron chi connectivity index (χ4n) is 2.41. The third-order valence-corrected chi connectivity index (χ3v) is 3.91. The van der Waals surface area contributed by atoms with E-state index in [1.54, 1.807) is 29.6 Å². The lowest BCUT2D eigenvalue weighted by atomic mass is 10.1. The molecule has 0 fully saturated rings. The fourth-order valence-corrected chi connectivity index (χ4v) is 2.41. The predicted molar refractivity (Wildman–Crippen MR) is 94.8 cm³/mol. The summed E-state index contributed by atoms with van der Waals surface area (Å²) >= 11 is 0. The van der Waals surface area contributed by atoms with Gasteiger partial charge in [0.15, 0.2) is 0 Å². The van der Waals surface area contributed by atoms with Crippen LogP contribution in [0.1, 0.15) is 16.7 Å². The van der Waals surface area contributed by atoms with E-state index in [9.17, 15) is 35.9 Å². The molecule has 0 unspecified atom stereocenters. The molecule has 0 aromatic heterocycles. The van der Waals surface area contributed by atoms with Crippen molar-refractivity contribution in [1.82, 2.24) is 5.32 Å². The lowest BCUT2D eigenvalue weighted by molar-refractivity contribution is -0.143. The van der Waals surface area contributed by atoms with E-state index >= 15 is 0 Å². The Bertz CT molecular complexity index is 876. The number of hydrogen-bond donors (Lipinski definition) is 2. The molecule has 2 aromatic rings. The first-order valence-electron chi connectivity index (χ1n) is 8.42. The zero-order valence-electron chi connectivity index (χ0n) is 15.4. The number of halogens is 6. The third-order valence-electron chi connectivity index (χ3n) is 3.91. The number of amides is 2. The monoisotopic (exact) mass is 434 g/mol. The zero-order chi connectivity index (χ0) is 22.5. The average molecular weight is 434 g/mol. The average Bonchev–Trinajstić information content (AvgIpc) is 2.66. The lowest BCUT2D eigenvalue weighted by Crippen LogP contribution is -2.36. The minimum Gasteiger partial charge on any atom is -0.497 e. The topological polar surface area (TPSA) is 67.4 Å². The molecule has 162 valence electrons. The Labute approximate surface area is 167 Å². The van der Waals surface area contributed by atoms with Crippen LogP contribution in [0.3, 0.4) is 0 Å². The van der Waals surface area contributed by atoms with E-state index in [-0.39, 0.29) is 12.6 Å². The van der Waals surface area contributed by atoms with Crippen LogP contribution in [0.25, 0.3) is 0 Å². The first kappa shape index (κ1) is 23.0. The van der Waals surface area contributed by atoms with Crippen LogP contribution in [0.5, 0.6) is 5.75 Å². The van der Waals surface area contributed by atoms with Crippen LogP contribution in [0.4, 0.5) is 32.0 Å². The van der Waals surface area contributed by atoms with Crippen molar-refractivity contribution >= 4 is 17.5 Å². The van der Waals surface area contributed by atoms with Gasteiger partial charge in [-0.05, 0) is 42.3 Å². The van der Waals surface area contributed by atoms with Crippen molar-refractivity contribution in [2.45, 2.75) is 18.8 Å². The molecule has 0 bridgehead atoms. The summed E-state index contributed by atoms with van der Waals surface area (Å²) in [7, 11) is 1.50. The van der Waals surface area contributed by atoms with Crippen LogP contribution in [0.2, 0.25) is 0 Å². The molecule has 2 aromatic carbocycles. The van der Waals surface area contributed by atoms with Crippen molar-refractivity contribution in [2.75, 3.05) is 19.0 Å². The van der Waals surface area contributed by atoms with Crippen molar-refractivity contribution in [3.63, 3.8) is 0 Å². The fraction of sp³-hybridized carbons (Fsp3) is 0.263.